The van der Waals surface area contributed by atoms with E-state index >= 15 is 0 Å². The minimum atomic E-state index is 1.19. The molecule has 0 atom stereocenters. The van der Waals surface area contributed by atoms with Crippen LogP contribution in [0.3, 0.4) is 0 Å². The molecule has 70 valence electrons. The Morgan fingerprint density at radius 1 is 1.17 bits per heavy atom. The fourth-order valence-electron chi connectivity index (χ4n) is 1.37. The Kier molecular flexibility index (Phi) is 6.73. The Balaban J connectivity index is 0.000000561. The molecule has 1 heteroatoms. The highest BCUT2D eigenvalue weighted by Gasteiger charge is 2.06. The molecule has 0 N–H and O–H groups in total. The zero-order chi connectivity index (χ0) is 9.40. The zero-order valence-electron chi connectivity index (χ0n) is 8.85. The normalized spacial score (nSPS) is 17.7. The molecule has 0 bridgehead atoms. The first-order valence-electron chi connectivity index (χ1n) is 5.02. The number of hydrogen-bond donors (Lipinski definition) is 0. The zero-order valence-corrected chi connectivity index (χ0v) is 8.85. The minimum absolute atomic E-state index is 1.19. The molecule has 0 aromatic heterocycles. The van der Waals surface area contributed by atoms with E-state index in [1.807, 2.05) is 27.0 Å². The van der Waals surface area contributed by atoms with E-state index in [0.717, 1.165) is 0 Å². The van der Waals surface area contributed by atoms with E-state index in [-0.39, 0.29) is 0 Å². The summed E-state index contributed by atoms with van der Waals surface area (Å²) in [4.78, 5) is 4.32. The maximum atomic E-state index is 4.32. The third-order valence-electron chi connectivity index (χ3n) is 1.99. The smallest absolute Gasteiger partial charge is 0.0388 e. The predicted octanol–water partition coefficient (Wildman–Crippen LogP) is 3.95. The van der Waals surface area contributed by atoms with Crippen molar-refractivity contribution in [1.29, 1.82) is 0 Å². The molecule has 1 aliphatic carbocycles. The fraction of sp³-hybridized carbons (Fsp3) is 0.727. The highest BCUT2D eigenvalue weighted by atomic mass is 14.7. The lowest BCUT2D eigenvalue weighted by Crippen LogP contribution is -1.94. The van der Waals surface area contributed by atoms with E-state index in [1.54, 1.807) is 0 Å². The van der Waals surface area contributed by atoms with Gasteiger partial charge in [-0.2, -0.15) is 0 Å². The second-order valence-corrected chi connectivity index (χ2v) is 2.82. The van der Waals surface area contributed by atoms with Crippen molar-refractivity contribution in [2.24, 2.45) is 4.99 Å². The number of hydrogen-bond acceptors (Lipinski definition) is 1. The Labute approximate surface area is 76.6 Å². The summed E-state index contributed by atoms with van der Waals surface area (Å²) < 4.78 is 0. The van der Waals surface area contributed by atoms with Gasteiger partial charge >= 0.3 is 0 Å². The van der Waals surface area contributed by atoms with Gasteiger partial charge < -0.3 is 0 Å². The van der Waals surface area contributed by atoms with Crippen molar-refractivity contribution in [2.45, 2.75) is 53.4 Å². The molecule has 0 unspecified atom stereocenters. The Morgan fingerprint density at radius 2 is 1.75 bits per heavy atom. The van der Waals surface area contributed by atoms with Crippen molar-refractivity contribution >= 4 is 6.21 Å². The Hall–Kier alpha value is -0.590. The van der Waals surface area contributed by atoms with E-state index in [4.69, 9.17) is 0 Å². The number of nitrogens with zero attached hydrogens (tertiary/aromatic N) is 1. The van der Waals surface area contributed by atoms with Crippen LogP contribution in [-0.4, -0.2) is 6.21 Å². The molecule has 0 saturated heterocycles. The molecular weight excluding hydrogens is 146 g/mol. The number of aliphatic imine (C=N–C) groups is 1. The summed E-state index contributed by atoms with van der Waals surface area (Å²) in [6.45, 7) is 8.18. The number of allylic oxidation sites excluding steroid dienone is 2. The molecule has 0 amide bonds. The van der Waals surface area contributed by atoms with Gasteiger partial charge in [0.2, 0.25) is 0 Å². The predicted molar refractivity (Wildman–Crippen MR) is 56.7 cm³/mol. The lowest BCUT2D eigenvalue weighted by molar-refractivity contribution is 0.668. The van der Waals surface area contributed by atoms with Crippen LogP contribution in [0.5, 0.6) is 0 Å². The Bertz CT molecular complexity index is 166. The van der Waals surface area contributed by atoms with Gasteiger partial charge in [-0.05, 0) is 39.5 Å². The Morgan fingerprint density at radius 3 is 2.25 bits per heavy atom. The second kappa shape index (κ2) is 7.08. The van der Waals surface area contributed by atoms with Gasteiger partial charge in [-0.25, -0.2) is 0 Å². The van der Waals surface area contributed by atoms with Crippen LogP contribution in [0.25, 0.3) is 0 Å². The average Bonchev–Trinajstić information content (AvgIpc) is 2.13. The van der Waals surface area contributed by atoms with Crippen molar-refractivity contribution in [3.8, 4) is 0 Å². The van der Waals surface area contributed by atoms with E-state index in [2.05, 4.69) is 11.9 Å². The standard InChI is InChI=1S/C9H15N.C2H6/c1-3-10-9-7-5-4-6-8(9)2;1-2/h3H,4-7H2,1-2H3;1-2H3. The maximum Gasteiger partial charge on any atom is 0.0388 e. The van der Waals surface area contributed by atoms with E-state index in [9.17, 15) is 0 Å². The molecular formula is C11H21N. The van der Waals surface area contributed by atoms with Gasteiger partial charge in [-0.1, -0.05) is 19.4 Å². The highest BCUT2D eigenvalue weighted by Crippen LogP contribution is 2.24. The molecule has 0 aromatic carbocycles. The van der Waals surface area contributed by atoms with Crippen molar-refractivity contribution in [3.63, 3.8) is 0 Å². The van der Waals surface area contributed by atoms with Gasteiger partial charge in [0, 0.05) is 11.9 Å². The third-order valence-corrected chi connectivity index (χ3v) is 1.99. The quantitative estimate of drug-likeness (QED) is 0.524. The molecule has 1 nitrogen and oxygen atoms in total. The molecule has 0 heterocycles. The van der Waals surface area contributed by atoms with Crippen LogP contribution >= 0.6 is 0 Å². The maximum absolute atomic E-state index is 4.32. The van der Waals surface area contributed by atoms with Crippen molar-refractivity contribution in [3.05, 3.63) is 11.3 Å². The van der Waals surface area contributed by atoms with Gasteiger partial charge in [0.05, 0.1) is 0 Å². The molecule has 0 aromatic rings. The molecule has 0 aliphatic heterocycles. The molecule has 0 saturated carbocycles. The number of rotatable bonds is 1. The summed E-state index contributed by atoms with van der Waals surface area (Å²) in [5.41, 5.74) is 2.82. The third kappa shape index (κ3) is 3.70. The van der Waals surface area contributed by atoms with Crippen LogP contribution in [0.4, 0.5) is 0 Å². The van der Waals surface area contributed by atoms with Crippen molar-refractivity contribution in [2.75, 3.05) is 0 Å². The topological polar surface area (TPSA) is 12.4 Å². The lowest BCUT2D eigenvalue weighted by Gasteiger charge is -2.12. The van der Waals surface area contributed by atoms with Gasteiger partial charge in [0.15, 0.2) is 0 Å². The summed E-state index contributed by atoms with van der Waals surface area (Å²) >= 11 is 0. The lowest BCUT2D eigenvalue weighted by atomic mass is 9.98. The first-order valence-corrected chi connectivity index (χ1v) is 5.02. The second-order valence-electron chi connectivity index (χ2n) is 2.82. The molecule has 0 spiro atoms. The summed E-state index contributed by atoms with van der Waals surface area (Å²) in [5.74, 6) is 0. The summed E-state index contributed by atoms with van der Waals surface area (Å²) in [7, 11) is 0. The minimum Gasteiger partial charge on any atom is -0.266 e. The van der Waals surface area contributed by atoms with Gasteiger partial charge in [-0.15, -0.1) is 0 Å². The largest absolute Gasteiger partial charge is 0.266 e. The monoisotopic (exact) mass is 167 g/mol. The van der Waals surface area contributed by atoms with Crippen LogP contribution in [0.15, 0.2) is 16.3 Å². The first-order chi connectivity index (χ1) is 5.84. The molecule has 1 aliphatic rings. The van der Waals surface area contributed by atoms with Crippen LogP contribution in [0, 0.1) is 0 Å². The van der Waals surface area contributed by atoms with Crippen LogP contribution in [0.2, 0.25) is 0 Å². The molecule has 0 radical (unpaired) electrons. The summed E-state index contributed by atoms with van der Waals surface area (Å²) in [6, 6.07) is 0. The van der Waals surface area contributed by atoms with Gasteiger partial charge in [-0.3, -0.25) is 4.99 Å². The van der Waals surface area contributed by atoms with Crippen LogP contribution < -0.4 is 0 Å². The summed E-state index contributed by atoms with van der Waals surface area (Å²) in [6.07, 6.45) is 7.02. The van der Waals surface area contributed by atoms with Crippen LogP contribution in [0.1, 0.15) is 53.4 Å². The van der Waals surface area contributed by atoms with Gasteiger partial charge in [0.1, 0.15) is 0 Å². The molecule has 1 rings (SSSR count). The highest BCUT2D eigenvalue weighted by molar-refractivity contribution is 5.55. The van der Waals surface area contributed by atoms with E-state index < -0.39 is 0 Å². The van der Waals surface area contributed by atoms with Crippen molar-refractivity contribution < 1.29 is 0 Å². The summed E-state index contributed by atoms with van der Waals surface area (Å²) in [5, 5.41) is 0. The molecule has 0 fully saturated rings. The average molecular weight is 167 g/mol. The molecule has 12 heavy (non-hydrogen) atoms. The van der Waals surface area contributed by atoms with E-state index in [0.29, 0.717) is 0 Å². The fourth-order valence-corrected chi connectivity index (χ4v) is 1.37. The van der Waals surface area contributed by atoms with Crippen LogP contribution in [-0.2, 0) is 0 Å². The van der Waals surface area contributed by atoms with Crippen molar-refractivity contribution in [1.82, 2.24) is 0 Å². The van der Waals surface area contributed by atoms with E-state index in [1.165, 1.54) is 37.0 Å². The van der Waals surface area contributed by atoms with Gasteiger partial charge in [0.25, 0.3) is 0 Å². The first kappa shape index (κ1) is 11.4. The SMILES string of the molecule is CC.CC=NC1=C(C)CCCC1.